The average molecular weight is 285 g/mol. The molecule has 0 aliphatic heterocycles. The van der Waals surface area contributed by atoms with Gasteiger partial charge in [0, 0.05) is 40.7 Å². The number of pyridine rings is 1. The maximum atomic E-state index is 5.89. The monoisotopic (exact) mass is 284 g/mol. The van der Waals surface area contributed by atoms with E-state index < -0.39 is 0 Å². The number of nitrogens with one attached hydrogen (secondary N) is 1. The molecule has 2 aromatic heterocycles. The highest BCUT2D eigenvalue weighted by atomic mass is 35.5. The van der Waals surface area contributed by atoms with Gasteiger partial charge >= 0.3 is 0 Å². The van der Waals surface area contributed by atoms with Crippen LogP contribution in [0.25, 0.3) is 22.2 Å². The van der Waals surface area contributed by atoms with E-state index in [1.807, 2.05) is 6.20 Å². The third kappa shape index (κ3) is 2.32. The minimum absolute atomic E-state index is 0.586. The highest BCUT2D eigenvalue weighted by molar-refractivity contribution is 6.18. The van der Waals surface area contributed by atoms with Gasteiger partial charge in [0.05, 0.1) is 5.69 Å². The number of H-pyrrole nitrogens is 1. The zero-order valence-corrected chi connectivity index (χ0v) is 12.5. The number of aryl methyl sites for hydroxylation is 3. The van der Waals surface area contributed by atoms with Crippen LogP contribution in [0, 0.1) is 13.8 Å². The zero-order chi connectivity index (χ0) is 14.1. The minimum Gasteiger partial charge on any atom is -0.354 e. The smallest absolute Gasteiger partial charge is 0.0508 e. The van der Waals surface area contributed by atoms with Crippen LogP contribution < -0.4 is 0 Å². The molecule has 1 aromatic carbocycles. The Kier molecular flexibility index (Phi) is 3.49. The van der Waals surface area contributed by atoms with Crippen molar-refractivity contribution in [1.29, 1.82) is 0 Å². The lowest BCUT2D eigenvalue weighted by atomic mass is 10.1. The molecular formula is C17H17ClN2. The van der Waals surface area contributed by atoms with Gasteiger partial charge in [-0.05, 0) is 43.2 Å². The Bertz CT molecular complexity index is 759. The first-order valence-electron chi connectivity index (χ1n) is 6.79. The molecule has 102 valence electrons. The summed E-state index contributed by atoms with van der Waals surface area (Å²) in [6.45, 7) is 4.20. The molecule has 0 aliphatic carbocycles. The molecule has 0 atom stereocenters. The maximum Gasteiger partial charge on any atom is 0.0508 e. The number of benzene rings is 1. The molecule has 20 heavy (non-hydrogen) atoms. The van der Waals surface area contributed by atoms with Gasteiger partial charge in [-0.15, -0.1) is 11.6 Å². The van der Waals surface area contributed by atoms with Crippen molar-refractivity contribution in [3.8, 4) is 11.3 Å². The van der Waals surface area contributed by atoms with Gasteiger partial charge in [0.2, 0.25) is 0 Å². The lowest BCUT2D eigenvalue weighted by Crippen LogP contribution is -1.96. The molecule has 0 saturated heterocycles. The van der Waals surface area contributed by atoms with E-state index in [-0.39, 0.29) is 0 Å². The number of alkyl halides is 1. The molecule has 0 bridgehead atoms. The first-order valence-corrected chi connectivity index (χ1v) is 7.32. The second-order valence-electron chi connectivity index (χ2n) is 5.17. The van der Waals surface area contributed by atoms with E-state index in [2.05, 4.69) is 54.1 Å². The molecule has 0 aliphatic rings. The van der Waals surface area contributed by atoms with Crippen molar-refractivity contribution in [2.24, 2.45) is 0 Å². The van der Waals surface area contributed by atoms with Gasteiger partial charge in [0.15, 0.2) is 0 Å². The lowest BCUT2D eigenvalue weighted by molar-refractivity contribution is 1.03. The van der Waals surface area contributed by atoms with E-state index >= 15 is 0 Å². The van der Waals surface area contributed by atoms with Crippen molar-refractivity contribution in [3.05, 3.63) is 53.3 Å². The van der Waals surface area contributed by atoms with Gasteiger partial charge in [0.1, 0.15) is 0 Å². The fourth-order valence-electron chi connectivity index (χ4n) is 2.57. The summed E-state index contributed by atoms with van der Waals surface area (Å²) in [7, 11) is 0. The molecule has 3 heteroatoms. The van der Waals surface area contributed by atoms with Crippen LogP contribution in [0.3, 0.4) is 0 Å². The fourth-order valence-corrected chi connectivity index (χ4v) is 2.75. The third-order valence-corrected chi connectivity index (χ3v) is 3.80. The molecule has 2 heterocycles. The normalized spacial score (nSPS) is 11.2. The Hall–Kier alpha value is -1.80. The van der Waals surface area contributed by atoms with Crippen LogP contribution >= 0.6 is 11.6 Å². The lowest BCUT2D eigenvalue weighted by Gasteiger charge is -2.06. The van der Waals surface area contributed by atoms with Gasteiger partial charge in [-0.3, -0.25) is 4.98 Å². The van der Waals surface area contributed by atoms with Crippen LogP contribution in [0.1, 0.15) is 16.8 Å². The number of fused-ring (bicyclic) bond motifs is 1. The van der Waals surface area contributed by atoms with Crippen LogP contribution in [0.5, 0.6) is 0 Å². The highest BCUT2D eigenvalue weighted by Gasteiger charge is 2.10. The van der Waals surface area contributed by atoms with E-state index in [1.165, 1.54) is 16.5 Å². The molecule has 0 radical (unpaired) electrons. The number of nitrogens with zero attached hydrogens (tertiary/aromatic N) is 1. The number of hydrogen-bond donors (Lipinski definition) is 1. The van der Waals surface area contributed by atoms with E-state index in [1.54, 1.807) is 0 Å². The van der Waals surface area contributed by atoms with Crippen LogP contribution in [0.4, 0.5) is 0 Å². The van der Waals surface area contributed by atoms with Gasteiger partial charge in [0.25, 0.3) is 0 Å². The van der Waals surface area contributed by atoms with E-state index in [0.29, 0.717) is 5.88 Å². The molecule has 3 rings (SSSR count). The van der Waals surface area contributed by atoms with Gasteiger partial charge < -0.3 is 4.98 Å². The molecule has 0 saturated carbocycles. The first kappa shape index (κ1) is 13.2. The number of aromatic nitrogens is 2. The predicted molar refractivity (Wildman–Crippen MR) is 85.4 cm³/mol. The van der Waals surface area contributed by atoms with E-state index in [0.717, 1.165) is 28.9 Å². The van der Waals surface area contributed by atoms with Gasteiger partial charge in [-0.2, -0.15) is 0 Å². The fraction of sp³-hybridized carbons (Fsp3) is 0.235. The summed E-state index contributed by atoms with van der Waals surface area (Å²) < 4.78 is 0. The van der Waals surface area contributed by atoms with Gasteiger partial charge in [-0.1, -0.05) is 12.1 Å². The average Bonchev–Trinajstić information content (AvgIpc) is 2.86. The highest BCUT2D eigenvalue weighted by Crippen LogP contribution is 2.28. The quantitative estimate of drug-likeness (QED) is 0.698. The second-order valence-corrected chi connectivity index (χ2v) is 5.54. The van der Waals surface area contributed by atoms with Crippen LogP contribution in [0.2, 0.25) is 0 Å². The molecule has 2 nitrogen and oxygen atoms in total. The summed E-state index contributed by atoms with van der Waals surface area (Å²) >= 11 is 5.89. The number of halogens is 1. The summed E-state index contributed by atoms with van der Waals surface area (Å²) in [6, 6.07) is 10.7. The van der Waals surface area contributed by atoms with Crippen molar-refractivity contribution in [2.75, 3.05) is 5.88 Å². The maximum absolute atomic E-state index is 5.89. The van der Waals surface area contributed by atoms with Crippen molar-refractivity contribution < 1.29 is 0 Å². The second kappa shape index (κ2) is 5.29. The Balaban J connectivity index is 2.19. The molecule has 0 spiro atoms. The summed E-state index contributed by atoms with van der Waals surface area (Å²) in [6.07, 6.45) is 2.69. The van der Waals surface area contributed by atoms with E-state index in [4.69, 9.17) is 11.6 Å². The van der Waals surface area contributed by atoms with Crippen molar-refractivity contribution >= 4 is 22.5 Å². The molecule has 3 aromatic rings. The zero-order valence-electron chi connectivity index (χ0n) is 11.7. The van der Waals surface area contributed by atoms with E-state index in [9.17, 15) is 0 Å². The summed E-state index contributed by atoms with van der Waals surface area (Å²) in [4.78, 5) is 8.03. The van der Waals surface area contributed by atoms with Gasteiger partial charge in [-0.25, -0.2) is 0 Å². The van der Waals surface area contributed by atoms with Crippen molar-refractivity contribution in [1.82, 2.24) is 9.97 Å². The summed E-state index contributed by atoms with van der Waals surface area (Å²) in [5.74, 6) is 0.586. The molecule has 0 fully saturated rings. The Morgan fingerprint density at radius 3 is 2.80 bits per heavy atom. The molecule has 0 amide bonds. The Labute approximate surface area is 123 Å². The topological polar surface area (TPSA) is 28.7 Å². The Morgan fingerprint density at radius 1 is 1.20 bits per heavy atom. The largest absolute Gasteiger partial charge is 0.354 e. The SMILES string of the molecule is Cc1cnc(CCCl)c(-c2cc3c(C)cccc3[nH]2)c1. The van der Waals surface area contributed by atoms with Crippen molar-refractivity contribution in [3.63, 3.8) is 0 Å². The number of hydrogen-bond acceptors (Lipinski definition) is 1. The summed E-state index contributed by atoms with van der Waals surface area (Å²) in [5, 5.41) is 1.26. The van der Waals surface area contributed by atoms with Crippen LogP contribution in [0.15, 0.2) is 36.5 Å². The summed E-state index contributed by atoms with van der Waals surface area (Å²) in [5.41, 5.74) is 6.93. The van der Waals surface area contributed by atoms with Crippen LogP contribution in [-0.2, 0) is 6.42 Å². The molecule has 1 N–H and O–H groups in total. The third-order valence-electron chi connectivity index (χ3n) is 3.61. The van der Waals surface area contributed by atoms with Crippen molar-refractivity contribution in [2.45, 2.75) is 20.3 Å². The number of rotatable bonds is 3. The molecule has 0 unspecified atom stereocenters. The van der Waals surface area contributed by atoms with Crippen LogP contribution in [-0.4, -0.2) is 15.8 Å². The number of aromatic amines is 1. The standard InChI is InChI=1S/C17H17ClN2/c1-11-8-14(15(6-7-18)19-10-11)17-9-13-12(2)4-3-5-16(13)20-17/h3-5,8-10,20H,6-7H2,1-2H3. The molecular weight excluding hydrogens is 268 g/mol. The minimum atomic E-state index is 0.586. The predicted octanol–water partition coefficient (Wildman–Crippen LogP) is 4.63. The first-order chi connectivity index (χ1) is 9.69. The Morgan fingerprint density at radius 2 is 2.05 bits per heavy atom.